The van der Waals surface area contributed by atoms with Crippen LogP contribution < -0.4 is 0 Å². The highest BCUT2D eigenvalue weighted by atomic mass is 16.2. The summed E-state index contributed by atoms with van der Waals surface area (Å²) in [5.41, 5.74) is 1.98. The summed E-state index contributed by atoms with van der Waals surface area (Å²) in [6.45, 7) is 2.91. The third-order valence-corrected chi connectivity index (χ3v) is 4.73. The van der Waals surface area contributed by atoms with Crippen LogP contribution in [-0.4, -0.2) is 63.4 Å². The molecule has 6 nitrogen and oxygen atoms in total. The molecule has 2 fully saturated rings. The van der Waals surface area contributed by atoms with E-state index in [2.05, 4.69) is 26.9 Å². The van der Waals surface area contributed by atoms with E-state index in [1.165, 1.54) is 6.42 Å². The Bertz CT molecular complexity index is 682. The Morgan fingerprint density at radius 2 is 2.29 bits per heavy atom. The first-order valence-electron chi connectivity index (χ1n) is 7.52. The number of imidazole rings is 1. The smallest absolute Gasteiger partial charge is 0.272 e. The summed E-state index contributed by atoms with van der Waals surface area (Å²) in [5, 5.41) is 0. The highest BCUT2D eigenvalue weighted by molar-refractivity contribution is 5.94. The molecule has 4 rings (SSSR count). The Labute approximate surface area is 123 Å². The quantitative estimate of drug-likeness (QED) is 0.853. The van der Waals surface area contributed by atoms with Crippen LogP contribution in [0.4, 0.5) is 0 Å². The van der Waals surface area contributed by atoms with Crippen molar-refractivity contribution in [2.75, 3.05) is 26.7 Å². The molecule has 2 aromatic rings. The van der Waals surface area contributed by atoms with Crippen molar-refractivity contribution in [2.24, 2.45) is 5.92 Å². The van der Waals surface area contributed by atoms with Gasteiger partial charge in [0.15, 0.2) is 5.65 Å². The van der Waals surface area contributed by atoms with Crippen LogP contribution in [0, 0.1) is 5.92 Å². The van der Waals surface area contributed by atoms with Gasteiger partial charge < -0.3 is 14.8 Å². The number of piperidine rings is 1. The Morgan fingerprint density at radius 3 is 3.19 bits per heavy atom. The number of H-pyrrole nitrogens is 1. The van der Waals surface area contributed by atoms with E-state index in [0.29, 0.717) is 23.3 Å². The molecule has 0 unspecified atom stereocenters. The summed E-state index contributed by atoms with van der Waals surface area (Å²) in [6.07, 6.45) is 3.92. The van der Waals surface area contributed by atoms with E-state index in [-0.39, 0.29) is 5.91 Å². The third-order valence-electron chi connectivity index (χ3n) is 4.73. The van der Waals surface area contributed by atoms with Gasteiger partial charge in [0.05, 0.1) is 11.8 Å². The average Bonchev–Trinajstić information content (AvgIpc) is 3.09. The number of carbonyl (C=O) groups excluding carboxylic acids is 1. The van der Waals surface area contributed by atoms with Crippen molar-refractivity contribution in [1.29, 1.82) is 0 Å². The van der Waals surface area contributed by atoms with Crippen molar-refractivity contribution < 1.29 is 4.79 Å². The lowest BCUT2D eigenvalue weighted by Gasteiger charge is -2.36. The summed E-state index contributed by atoms with van der Waals surface area (Å²) >= 11 is 0. The van der Waals surface area contributed by atoms with Crippen LogP contribution in [0.15, 0.2) is 18.5 Å². The molecule has 4 heterocycles. The molecule has 1 amide bonds. The maximum Gasteiger partial charge on any atom is 0.272 e. The maximum absolute atomic E-state index is 12.8. The van der Waals surface area contributed by atoms with Crippen LogP contribution in [0.1, 0.15) is 23.3 Å². The monoisotopic (exact) mass is 285 g/mol. The normalized spacial score (nSPS) is 26.2. The highest BCUT2D eigenvalue weighted by Gasteiger charge is 2.40. The number of likely N-dealkylation sites (N-methyl/N-ethyl adjacent to an activating group) is 1. The summed E-state index contributed by atoms with van der Waals surface area (Å²) in [6, 6.07) is 4.02. The number of carbonyl (C=O) groups is 1. The number of aromatic nitrogens is 3. The van der Waals surface area contributed by atoms with Crippen molar-refractivity contribution >= 4 is 17.1 Å². The molecule has 2 aromatic heterocycles. The first-order valence-corrected chi connectivity index (χ1v) is 7.52. The summed E-state index contributed by atoms with van der Waals surface area (Å²) < 4.78 is 0. The number of hydrogen-bond acceptors (Lipinski definition) is 4. The molecule has 2 aliphatic rings. The van der Waals surface area contributed by atoms with Gasteiger partial charge in [-0.1, -0.05) is 0 Å². The molecule has 1 N–H and O–H groups in total. The maximum atomic E-state index is 12.8. The molecule has 0 spiro atoms. The molecule has 0 radical (unpaired) electrons. The molecule has 6 heteroatoms. The lowest BCUT2D eigenvalue weighted by atomic mass is 9.92. The summed E-state index contributed by atoms with van der Waals surface area (Å²) in [7, 11) is 2.13. The van der Waals surface area contributed by atoms with Crippen molar-refractivity contribution in [2.45, 2.75) is 18.9 Å². The molecule has 2 aliphatic heterocycles. The fraction of sp³-hybridized carbons (Fsp3) is 0.533. The lowest BCUT2D eigenvalue weighted by Crippen LogP contribution is -2.48. The van der Waals surface area contributed by atoms with Crippen LogP contribution in [0.3, 0.4) is 0 Å². The summed E-state index contributed by atoms with van der Waals surface area (Å²) in [5.74, 6) is 0.659. The number of nitrogens with zero attached hydrogens (tertiary/aromatic N) is 4. The predicted molar refractivity (Wildman–Crippen MR) is 78.9 cm³/mol. The van der Waals surface area contributed by atoms with Gasteiger partial charge in [-0.25, -0.2) is 9.97 Å². The van der Waals surface area contributed by atoms with Gasteiger partial charge in [-0.3, -0.25) is 4.79 Å². The van der Waals surface area contributed by atoms with E-state index in [0.717, 1.165) is 31.6 Å². The van der Waals surface area contributed by atoms with E-state index in [4.69, 9.17) is 0 Å². The molecule has 0 saturated carbocycles. The third kappa shape index (κ3) is 2.10. The van der Waals surface area contributed by atoms with E-state index in [1.807, 2.05) is 11.0 Å². The minimum Gasteiger partial charge on any atom is -0.343 e. The second-order valence-electron chi connectivity index (χ2n) is 6.16. The number of fused-ring (bicyclic) bond motifs is 2. The molecular weight excluding hydrogens is 266 g/mol. The molecule has 0 aromatic carbocycles. The standard InChI is InChI=1S/C15H19N5O/c1-19-7-10-3-2-6-20(13(10)8-19)15(21)12-5-4-11-14(18-12)17-9-16-11/h4-5,9-10,13H,2-3,6-8H2,1H3,(H,16,17,18)/t10-,13+/m0/s1. The predicted octanol–water partition coefficient (Wildman–Crippen LogP) is 1.12. The van der Waals surface area contributed by atoms with Gasteiger partial charge in [0.2, 0.25) is 0 Å². The van der Waals surface area contributed by atoms with Gasteiger partial charge in [0.1, 0.15) is 5.69 Å². The number of amides is 1. The van der Waals surface area contributed by atoms with Crippen LogP contribution in [0.2, 0.25) is 0 Å². The van der Waals surface area contributed by atoms with E-state index < -0.39 is 0 Å². The second-order valence-corrected chi connectivity index (χ2v) is 6.16. The number of nitrogens with one attached hydrogen (secondary N) is 1. The van der Waals surface area contributed by atoms with Gasteiger partial charge in [-0.2, -0.15) is 0 Å². The minimum absolute atomic E-state index is 0.0462. The number of aromatic amines is 1. The van der Waals surface area contributed by atoms with Crippen LogP contribution in [0.5, 0.6) is 0 Å². The van der Waals surface area contributed by atoms with Gasteiger partial charge in [0, 0.05) is 25.7 Å². The first kappa shape index (κ1) is 12.8. The van der Waals surface area contributed by atoms with Crippen molar-refractivity contribution in [3.05, 3.63) is 24.2 Å². The summed E-state index contributed by atoms with van der Waals surface area (Å²) in [4.78, 5) is 28.7. The number of hydrogen-bond donors (Lipinski definition) is 1. The topological polar surface area (TPSA) is 65.1 Å². The number of rotatable bonds is 1. The highest BCUT2D eigenvalue weighted by Crippen LogP contribution is 2.30. The Hall–Kier alpha value is -1.95. The Balaban J connectivity index is 1.63. The second kappa shape index (κ2) is 4.80. The SMILES string of the molecule is CN1C[C@@H]2CCCN(C(=O)c3ccc4[nH]cnc4n3)[C@@H]2C1. The molecule has 110 valence electrons. The van der Waals surface area contributed by atoms with Crippen LogP contribution >= 0.6 is 0 Å². The first-order chi connectivity index (χ1) is 10.2. The number of pyridine rings is 1. The fourth-order valence-electron chi connectivity index (χ4n) is 3.73. The zero-order valence-electron chi connectivity index (χ0n) is 12.1. The molecule has 2 atom stereocenters. The lowest BCUT2D eigenvalue weighted by molar-refractivity contribution is 0.0566. The Morgan fingerprint density at radius 1 is 1.38 bits per heavy atom. The molecular formula is C15H19N5O. The molecule has 0 aliphatic carbocycles. The zero-order chi connectivity index (χ0) is 14.4. The molecule has 21 heavy (non-hydrogen) atoms. The fourth-order valence-corrected chi connectivity index (χ4v) is 3.73. The van der Waals surface area contributed by atoms with E-state index in [9.17, 15) is 4.79 Å². The molecule has 0 bridgehead atoms. The molecule has 2 saturated heterocycles. The van der Waals surface area contributed by atoms with Crippen molar-refractivity contribution in [3.8, 4) is 0 Å². The van der Waals surface area contributed by atoms with Crippen molar-refractivity contribution in [3.63, 3.8) is 0 Å². The van der Waals surface area contributed by atoms with Gasteiger partial charge in [-0.05, 0) is 37.9 Å². The van der Waals surface area contributed by atoms with Crippen LogP contribution in [0.25, 0.3) is 11.2 Å². The van der Waals surface area contributed by atoms with Gasteiger partial charge in [-0.15, -0.1) is 0 Å². The van der Waals surface area contributed by atoms with Gasteiger partial charge in [0.25, 0.3) is 5.91 Å². The van der Waals surface area contributed by atoms with E-state index in [1.54, 1.807) is 12.4 Å². The largest absolute Gasteiger partial charge is 0.343 e. The zero-order valence-corrected chi connectivity index (χ0v) is 12.1. The Kier molecular flexibility index (Phi) is 2.92. The van der Waals surface area contributed by atoms with Crippen LogP contribution in [-0.2, 0) is 0 Å². The number of likely N-dealkylation sites (tertiary alicyclic amines) is 2. The van der Waals surface area contributed by atoms with Crippen molar-refractivity contribution in [1.82, 2.24) is 24.8 Å². The van der Waals surface area contributed by atoms with E-state index >= 15 is 0 Å². The van der Waals surface area contributed by atoms with Gasteiger partial charge >= 0.3 is 0 Å². The minimum atomic E-state index is 0.0462. The average molecular weight is 285 g/mol.